The molecule has 0 radical (unpaired) electrons. The summed E-state index contributed by atoms with van der Waals surface area (Å²) in [5.74, 6) is 6.19. The van der Waals surface area contributed by atoms with Crippen LogP contribution < -0.4 is 34.7 Å². The molecule has 0 rings (SSSR count). The fraction of sp³-hybridized carbons (Fsp3) is 0.500. The summed E-state index contributed by atoms with van der Waals surface area (Å²) in [5, 5.41) is 0. The molecule has 0 saturated carbocycles. The van der Waals surface area contributed by atoms with Crippen molar-refractivity contribution in [1.29, 1.82) is 0 Å². The largest absolute Gasteiger partial charge is 0.371 e. The number of hydrogen-bond donors (Lipinski definition) is 6. The molecule has 10 nitrogen and oxygen atoms in total. The molecule has 0 bridgehead atoms. The Morgan fingerprint density at radius 3 is 1.14 bits per heavy atom. The van der Waals surface area contributed by atoms with Crippen molar-refractivity contribution in [3.8, 4) is 0 Å². The van der Waals surface area contributed by atoms with Gasteiger partial charge in [0.05, 0.1) is 0 Å². The molecule has 0 aromatic heterocycles. The van der Waals surface area contributed by atoms with Gasteiger partial charge in [-0.1, -0.05) is 0 Å². The molecular weight excluding hydrogens is 196 g/mol. The van der Waals surface area contributed by atoms with Gasteiger partial charge >= 0.3 is 11.9 Å². The normalized spacial score (nSPS) is 12.1. The highest BCUT2D eigenvalue weighted by atomic mass is 16.7. The van der Waals surface area contributed by atoms with Gasteiger partial charge in [-0.25, -0.2) is 9.59 Å². The van der Waals surface area contributed by atoms with Crippen molar-refractivity contribution in [1.82, 2.24) is 0 Å². The molecule has 0 spiro atoms. The van der Waals surface area contributed by atoms with Gasteiger partial charge in [-0.15, -0.1) is 0 Å². The van der Waals surface area contributed by atoms with Crippen LogP contribution in [0.1, 0.15) is 0 Å². The van der Waals surface area contributed by atoms with Crippen LogP contribution in [0, 0.1) is 0 Å². The first-order valence-electron chi connectivity index (χ1n) is 3.19. The predicted molar refractivity (Wildman–Crippen MR) is 42.8 cm³/mol. The zero-order valence-electron chi connectivity index (χ0n) is 7.10. The lowest BCUT2D eigenvalue weighted by molar-refractivity contribution is -0.165. The van der Waals surface area contributed by atoms with Crippen molar-refractivity contribution >= 4 is 11.9 Å². The van der Waals surface area contributed by atoms with Crippen LogP contribution in [-0.4, -0.2) is 23.3 Å². The van der Waals surface area contributed by atoms with Gasteiger partial charge in [0.25, 0.3) is 0 Å². The first kappa shape index (κ1) is 12.7. The lowest BCUT2D eigenvalue weighted by Gasteiger charge is -2.33. The van der Waals surface area contributed by atoms with E-state index in [2.05, 4.69) is 21.5 Å². The second-order valence-corrected chi connectivity index (χ2v) is 2.55. The minimum atomic E-state index is -2.56. The van der Waals surface area contributed by atoms with Gasteiger partial charge in [0.1, 0.15) is 0 Å². The lowest BCUT2D eigenvalue weighted by Crippen LogP contribution is -2.83. The SMILES string of the molecule is NOC(=O)C(N)(N)C(N)(N)C(=O)ON. The Hall–Kier alpha value is -1.30. The van der Waals surface area contributed by atoms with E-state index in [1.165, 1.54) is 0 Å². The summed E-state index contributed by atoms with van der Waals surface area (Å²) in [6.07, 6.45) is 0. The summed E-state index contributed by atoms with van der Waals surface area (Å²) in [6, 6.07) is 0. The van der Waals surface area contributed by atoms with Crippen LogP contribution in [0.3, 0.4) is 0 Å². The van der Waals surface area contributed by atoms with Crippen molar-refractivity contribution in [2.24, 2.45) is 34.7 Å². The van der Waals surface area contributed by atoms with E-state index < -0.39 is 23.3 Å². The molecule has 0 aliphatic carbocycles. The molecule has 0 aliphatic rings. The van der Waals surface area contributed by atoms with Crippen LogP contribution in [0.25, 0.3) is 0 Å². The smallest absolute Gasteiger partial charge is 0.363 e. The Morgan fingerprint density at radius 2 is 1.00 bits per heavy atom. The van der Waals surface area contributed by atoms with Gasteiger partial charge in [-0.3, -0.25) is 0 Å². The fourth-order valence-electron chi connectivity index (χ4n) is 0.533. The van der Waals surface area contributed by atoms with Gasteiger partial charge in [-0.05, 0) is 0 Å². The van der Waals surface area contributed by atoms with Crippen molar-refractivity contribution in [2.45, 2.75) is 11.3 Å². The van der Waals surface area contributed by atoms with Crippen LogP contribution in [-0.2, 0) is 19.3 Å². The molecule has 12 N–H and O–H groups in total. The van der Waals surface area contributed by atoms with Crippen LogP contribution in [0.15, 0.2) is 0 Å². The Bertz CT molecular complexity index is 224. The van der Waals surface area contributed by atoms with Crippen molar-refractivity contribution in [3.05, 3.63) is 0 Å². The first-order chi connectivity index (χ1) is 6.21. The van der Waals surface area contributed by atoms with E-state index in [9.17, 15) is 9.59 Å². The molecule has 0 fully saturated rings. The molecule has 14 heavy (non-hydrogen) atoms. The molecule has 82 valence electrons. The van der Waals surface area contributed by atoms with Crippen LogP contribution in [0.4, 0.5) is 0 Å². The highest BCUT2D eigenvalue weighted by Gasteiger charge is 2.54. The summed E-state index contributed by atoms with van der Waals surface area (Å²) < 4.78 is 0. The van der Waals surface area contributed by atoms with E-state index in [1.807, 2.05) is 0 Å². The average Bonchev–Trinajstić information content (AvgIpc) is 2.14. The molecule has 0 heterocycles. The zero-order chi connectivity index (χ0) is 11.6. The molecule has 0 saturated heterocycles. The maximum Gasteiger partial charge on any atom is 0.363 e. The van der Waals surface area contributed by atoms with Crippen LogP contribution >= 0.6 is 0 Å². The van der Waals surface area contributed by atoms with E-state index in [1.54, 1.807) is 0 Å². The quantitative estimate of drug-likeness (QED) is 0.192. The second-order valence-electron chi connectivity index (χ2n) is 2.55. The van der Waals surface area contributed by atoms with E-state index in [0.29, 0.717) is 0 Å². The van der Waals surface area contributed by atoms with Crippen LogP contribution in [0.5, 0.6) is 0 Å². The van der Waals surface area contributed by atoms with E-state index in [4.69, 9.17) is 22.9 Å². The summed E-state index contributed by atoms with van der Waals surface area (Å²) in [6.45, 7) is 0. The summed E-state index contributed by atoms with van der Waals surface area (Å²) in [7, 11) is 0. The topological polar surface area (TPSA) is 209 Å². The van der Waals surface area contributed by atoms with Crippen molar-refractivity contribution in [3.63, 3.8) is 0 Å². The van der Waals surface area contributed by atoms with E-state index in [0.717, 1.165) is 0 Å². The minimum absolute atomic E-state index is 1.40. The number of hydrogen-bond acceptors (Lipinski definition) is 10. The molecule has 0 atom stereocenters. The van der Waals surface area contributed by atoms with Gasteiger partial charge in [0, 0.05) is 0 Å². The number of rotatable bonds is 3. The zero-order valence-corrected chi connectivity index (χ0v) is 7.10. The maximum absolute atomic E-state index is 10.9. The highest BCUT2D eigenvalue weighted by molar-refractivity contribution is 5.92. The maximum atomic E-state index is 10.9. The molecule has 0 amide bonds. The van der Waals surface area contributed by atoms with Gasteiger partial charge in [0.2, 0.25) is 11.3 Å². The highest BCUT2D eigenvalue weighted by Crippen LogP contribution is 2.08. The lowest BCUT2D eigenvalue weighted by atomic mass is 9.96. The minimum Gasteiger partial charge on any atom is -0.371 e. The summed E-state index contributed by atoms with van der Waals surface area (Å²) in [4.78, 5) is 29.2. The molecular formula is C4H12N6O4. The molecule has 0 aromatic carbocycles. The third-order valence-electron chi connectivity index (χ3n) is 1.57. The Kier molecular flexibility index (Phi) is 3.47. The molecule has 0 unspecified atom stereocenters. The third kappa shape index (κ3) is 1.79. The second kappa shape index (κ2) is 3.83. The van der Waals surface area contributed by atoms with Crippen molar-refractivity contribution < 1.29 is 19.3 Å². The van der Waals surface area contributed by atoms with Gasteiger partial charge in [0.15, 0.2) is 0 Å². The third-order valence-corrected chi connectivity index (χ3v) is 1.57. The molecule has 0 aromatic rings. The first-order valence-corrected chi connectivity index (χ1v) is 3.19. The number of carbonyl (C=O) groups excluding carboxylic acids is 2. The summed E-state index contributed by atoms with van der Waals surface area (Å²) in [5.41, 5.74) is 15.5. The fourth-order valence-corrected chi connectivity index (χ4v) is 0.533. The molecule has 0 aliphatic heterocycles. The Balaban J connectivity index is 5.06. The monoisotopic (exact) mass is 208 g/mol. The Labute approximate surface area is 78.3 Å². The van der Waals surface area contributed by atoms with E-state index in [-0.39, 0.29) is 0 Å². The Morgan fingerprint density at radius 1 is 0.786 bits per heavy atom. The van der Waals surface area contributed by atoms with Crippen LogP contribution in [0.2, 0.25) is 0 Å². The van der Waals surface area contributed by atoms with Gasteiger partial charge in [-0.2, -0.15) is 11.8 Å². The van der Waals surface area contributed by atoms with Gasteiger partial charge < -0.3 is 32.6 Å². The number of carbonyl (C=O) groups is 2. The standard InChI is InChI=1S/C4H12N6O4/c5-3(6,1(11)13-9)4(7,8)2(12)14-10/h5-10H2. The predicted octanol–water partition coefficient (Wildman–Crippen LogP) is -4.95. The van der Waals surface area contributed by atoms with Crippen molar-refractivity contribution in [2.75, 3.05) is 0 Å². The summed E-state index contributed by atoms with van der Waals surface area (Å²) >= 11 is 0. The number of nitrogens with two attached hydrogens (primary N) is 6. The molecule has 10 heteroatoms. The average molecular weight is 208 g/mol. The van der Waals surface area contributed by atoms with E-state index >= 15 is 0 Å².